The van der Waals surface area contributed by atoms with Gasteiger partial charge in [0.25, 0.3) is 11.5 Å². The second kappa shape index (κ2) is 11.7. The maximum absolute atomic E-state index is 13.7. The molecule has 37 heavy (non-hydrogen) atoms. The molecule has 9 heteroatoms. The van der Waals surface area contributed by atoms with Gasteiger partial charge in [-0.2, -0.15) is 0 Å². The van der Waals surface area contributed by atoms with E-state index in [2.05, 4.69) is 5.32 Å². The molecule has 0 aliphatic heterocycles. The Balaban J connectivity index is 1.77. The van der Waals surface area contributed by atoms with E-state index in [0.717, 1.165) is 11.1 Å². The van der Waals surface area contributed by atoms with Crippen molar-refractivity contribution in [1.29, 1.82) is 0 Å². The van der Waals surface area contributed by atoms with Crippen molar-refractivity contribution in [2.24, 2.45) is 0 Å². The molecule has 3 aromatic carbocycles. The molecular weight excluding hydrogens is 510 g/mol. The predicted molar refractivity (Wildman–Crippen MR) is 148 cm³/mol. The molecule has 0 aliphatic rings. The first-order valence-electron chi connectivity index (χ1n) is 11.6. The molecule has 4 aromatic rings. The number of carbonyl (C=O) groups is 2. The Morgan fingerprint density at radius 2 is 1.68 bits per heavy atom. The summed E-state index contributed by atoms with van der Waals surface area (Å²) in [6.07, 6.45) is 0. The summed E-state index contributed by atoms with van der Waals surface area (Å²) in [6, 6.07) is 17.3. The van der Waals surface area contributed by atoms with E-state index in [9.17, 15) is 14.4 Å². The van der Waals surface area contributed by atoms with E-state index >= 15 is 0 Å². The fourth-order valence-corrected chi connectivity index (χ4v) is 4.96. The molecule has 190 valence electrons. The molecule has 0 fully saturated rings. The Morgan fingerprint density at radius 1 is 1.00 bits per heavy atom. The van der Waals surface area contributed by atoms with Gasteiger partial charge in [-0.25, -0.2) is 4.98 Å². The maximum atomic E-state index is 13.7. The van der Waals surface area contributed by atoms with Gasteiger partial charge < -0.3 is 10.1 Å². The first-order valence-corrected chi connectivity index (χ1v) is 13.0. The van der Waals surface area contributed by atoms with E-state index in [-0.39, 0.29) is 23.0 Å². The zero-order valence-electron chi connectivity index (χ0n) is 20.7. The molecule has 0 saturated heterocycles. The minimum Gasteiger partial charge on any atom is -0.383 e. The van der Waals surface area contributed by atoms with Crippen LogP contribution < -0.4 is 10.9 Å². The minimum atomic E-state index is -0.286. The molecule has 4 rings (SSSR count). The van der Waals surface area contributed by atoms with Crippen LogP contribution in [0.3, 0.4) is 0 Å². The van der Waals surface area contributed by atoms with Crippen molar-refractivity contribution in [2.45, 2.75) is 19.0 Å². The zero-order chi connectivity index (χ0) is 26.5. The molecule has 1 heterocycles. The Morgan fingerprint density at radius 3 is 2.35 bits per heavy atom. The van der Waals surface area contributed by atoms with Crippen LogP contribution in [0.1, 0.15) is 31.8 Å². The molecule has 1 amide bonds. The second-order valence-electron chi connectivity index (χ2n) is 8.58. The lowest BCUT2D eigenvalue weighted by Crippen LogP contribution is -2.27. The standard InChI is InChI=1S/C28H26ClN3O4S/c1-17-12-18(2)14-22(13-17)32-27(35)23-9-6-20(26(34)30-10-11-36-3)15-24(23)31-28(32)37-16-25(33)19-4-7-21(29)8-5-19/h4-9,12-15H,10-11,16H2,1-3H3,(H,30,34). The molecule has 0 atom stereocenters. The lowest BCUT2D eigenvalue weighted by molar-refractivity contribution is 0.0936. The number of Topliss-reactive ketones (excluding diaryl/α,β-unsaturated/α-hetero) is 1. The molecule has 0 bridgehead atoms. The van der Waals surface area contributed by atoms with Crippen LogP contribution >= 0.6 is 23.4 Å². The smallest absolute Gasteiger partial charge is 0.266 e. The topological polar surface area (TPSA) is 90.3 Å². The minimum absolute atomic E-state index is 0.0710. The number of rotatable bonds is 9. The predicted octanol–water partition coefficient (Wildman–Crippen LogP) is 5.01. The average Bonchev–Trinajstić information content (AvgIpc) is 2.87. The Labute approximate surface area is 223 Å². The SMILES string of the molecule is COCCNC(=O)c1ccc2c(=O)n(-c3cc(C)cc(C)c3)c(SCC(=O)c3ccc(Cl)cc3)nc2c1. The summed E-state index contributed by atoms with van der Waals surface area (Å²) >= 11 is 7.12. The highest BCUT2D eigenvalue weighted by Crippen LogP contribution is 2.24. The first-order chi connectivity index (χ1) is 17.8. The summed E-state index contributed by atoms with van der Waals surface area (Å²) in [5.74, 6) is -0.331. The second-order valence-corrected chi connectivity index (χ2v) is 9.96. The fraction of sp³-hybridized carbons (Fsp3) is 0.214. The monoisotopic (exact) mass is 535 g/mol. The van der Waals surface area contributed by atoms with Crippen LogP contribution in [-0.4, -0.2) is 47.3 Å². The third kappa shape index (κ3) is 6.28. The number of nitrogens with zero attached hydrogens (tertiary/aromatic N) is 2. The molecule has 0 spiro atoms. The molecule has 0 aliphatic carbocycles. The van der Waals surface area contributed by atoms with Crippen LogP contribution in [0.2, 0.25) is 5.02 Å². The van der Waals surface area contributed by atoms with Gasteiger partial charge in [0.1, 0.15) is 0 Å². The van der Waals surface area contributed by atoms with Crippen molar-refractivity contribution in [3.63, 3.8) is 0 Å². The highest BCUT2D eigenvalue weighted by atomic mass is 35.5. The quantitative estimate of drug-likeness (QED) is 0.140. The van der Waals surface area contributed by atoms with Gasteiger partial charge >= 0.3 is 0 Å². The molecule has 1 aromatic heterocycles. The van der Waals surface area contributed by atoms with Crippen molar-refractivity contribution in [3.8, 4) is 5.69 Å². The van der Waals surface area contributed by atoms with Crippen molar-refractivity contribution in [3.05, 3.63) is 98.3 Å². The number of ether oxygens (including phenoxy) is 1. The van der Waals surface area contributed by atoms with Gasteiger partial charge in [-0.15, -0.1) is 0 Å². The zero-order valence-corrected chi connectivity index (χ0v) is 22.3. The van der Waals surface area contributed by atoms with Crippen molar-refractivity contribution in [1.82, 2.24) is 14.9 Å². The van der Waals surface area contributed by atoms with E-state index in [1.54, 1.807) is 49.6 Å². The van der Waals surface area contributed by atoms with E-state index < -0.39 is 0 Å². The molecule has 0 unspecified atom stereocenters. The Bertz CT molecular complexity index is 1510. The lowest BCUT2D eigenvalue weighted by atomic mass is 10.1. The van der Waals surface area contributed by atoms with Crippen LogP contribution in [0.25, 0.3) is 16.6 Å². The van der Waals surface area contributed by atoms with Crippen molar-refractivity contribution in [2.75, 3.05) is 26.0 Å². The van der Waals surface area contributed by atoms with E-state index in [1.807, 2.05) is 32.0 Å². The summed E-state index contributed by atoms with van der Waals surface area (Å²) in [5.41, 5.74) is 3.67. The van der Waals surface area contributed by atoms with Crippen LogP contribution in [0.5, 0.6) is 0 Å². The number of fused-ring (bicyclic) bond motifs is 1. The Hall–Kier alpha value is -3.46. The lowest BCUT2D eigenvalue weighted by Gasteiger charge is -2.15. The molecule has 0 radical (unpaired) electrons. The van der Waals surface area contributed by atoms with Gasteiger partial charge in [0.2, 0.25) is 0 Å². The van der Waals surface area contributed by atoms with Gasteiger partial charge in [0, 0.05) is 29.8 Å². The third-order valence-electron chi connectivity index (χ3n) is 5.66. The number of methoxy groups -OCH3 is 1. The van der Waals surface area contributed by atoms with Gasteiger partial charge in [0.05, 0.1) is 29.0 Å². The number of benzene rings is 3. The van der Waals surface area contributed by atoms with Crippen LogP contribution in [0, 0.1) is 13.8 Å². The number of aromatic nitrogens is 2. The number of carbonyl (C=O) groups excluding carboxylic acids is 2. The number of ketones is 1. The number of aryl methyl sites for hydroxylation is 2. The Kier molecular flexibility index (Phi) is 8.43. The van der Waals surface area contributed by atoms with E-state index in [4.69, 9.17) is 21.3 Å². The van der Waals surface area contributed by atoms with Gasteiger partial charge in [-0.3, -0.25) is 19.0 Å². The number of thioether (sulfide) groups is 1. The number of halogens is 1. The normalized spacial score (nSPS) is 11.0. The average molecular weight is 536 g/mol. The summed E-state index contributed by atoms with van der Waals surface area (Å²) < 4.78 is 6.51. The van der Waals surface area contributed by atoms with Crippen molar-refractivity contribution >= 4 is 46.0 Å². The summed E-state index contributed by atoms with van der Waals surface area (Å²) in [6.45, 7) is 4.67. The number of amides is 1. The number of nitrogens with one attached hydrogen (secondary N) is 1. The summed E-state index contributed by atoms with van der Waals surface area (Å²) in [4.78, 5) is 43.9. The number of hydrogen-bond donors (Lipinski definition) is 1. The van der Waals surface area contributed by atoms with E-state index in [0.29, 0.717) is 51.0 Å². The maximum Gasteiger partial charge on any atom is 0.266 e. The molecular formula is C28H26ClN3O4S. The third-order valence-corrected chi connectivity index (χ3v) is 6.85. The first kappa shape index (κ1) is 26.6. The molecule has 0 saturated carbocycles. The van der Waals surface area contributed by atoms with Gasteiger partial charge in [-0.1, -0.05) is 29.4 Å². The number of hydrogen-bond acceptors (Lipinski definition) is 6. The molecule has 7 nitrogen and oxygen atoms in total. The van der Waals surface area contributed by atoms with Gasteiger partial charge in [0.15, 0.2) is 10.9 Å². The van der Waals surface area contributed by atoms with Gasteiger partial charge in [-0.05, 0) is 79.6 Å². The van der Waals surface area contributed by atoms with Crippen LogP contribution in [-0.2, 0) is 4.74 Å². The molecule has 1 N–H and O–H groups in total. The van der Waals surface area contributed by atoms with Crippen molar-refractivity contribution < 1.29 is 14.3 Å². The fourth-order valence-electron chi connectivity index (χ4n) is 3.93. The summed E-state index contributed by atoms with van der Waals surface area (Å²) in [5, 5.41) is 4.06. The van der Waals surface area contributed by atoms with E-state index in [1.165, 1.54) is 16.3 Å². The largest absolute Gasteiger partial charge is 0.383 e. The van der Waals surface area contributed by atoms with Crippen LogP contribution in [0.4, 0.5) is 0 Å². The highest BCUT2D eigenvalue weighted by Gasteiger charge is 2.17. The van der Waals surface area contributed by atoms with Crippen LogP contribution in [0.15, 0.2) is 70.6 Å². The highest BCUT2D eigenvalue weighted by molar-refractivity contribution is 7.99. The summed E-state index contributed by atoms with van der Waals surface area (Å²) in [7, 11) is 1.56.